The van der Waals surface area contributed by atoms with Gasteiger partial charge in [0.15, 0.2) is 0 Å². The largest absolute Gasteiger partial charge is 0.379 e. The summed E-state index contributed by atoms with van der Waals surface area (Å²) in [4.78, 5) is 2.43. The molecule has 3 atom stereocenters. The molecule has 136 valence electrons. The zero-order valence-electron chi connectivity index (χ0n) is 14.9. The van der Waals surface area contributed by atoms with E-state index >= 15 is 0 Å². The van der Waals surface area contributed by atoms with Crippen molar-refractivity contribution in [2.24, 2.45) is 0 Å². The van der Waals surface area contributed by atoms with Crippen LogP contribution in [0.1, 0.15) is 40.7 Å². The summed E-state index contributed by atoms with van der Waals surface area (Å²) in [7, 11) is 0. The van der Waals surface area contributed by atoms with Gasteiger partial charge in [-0.1, -0.05) is 30.3 Å². The molecule has 3 nitrogen and oxygen atoms in total. The quantitative estimate of drug-likeness (QED) is 0.822. The predicted octanol–water partition coefficient (Wildman–Crippen LogP) is 3.68. The van der Waals surface area contributed by atoms with Crippen LogP contribution in [0.3, 0.4) is 0 Å². The number of halogens is 1. The smallest absolute Gasteiger partial charge is 0.123 e. The Hall–Kier alpha value is -1.75. The summed E-state index contributed by atoms with van der Waals surface area (Å²) in [6.45, 7) is 4.48. The van der Waals surface area contributed by atoms with Gasteiger partial charge in [0, 0.05) is 25.6 Å². The van der Waals surface area contributed by atoms with E-state index in [1.165, 1.54) is 16.7 Å². The van der Waals surface area contributed by atoms with Gasteiger partial charge in [0.25, 0.3) is 0 Å². The molecule has 2 aliphatic heterocycles. The number of ether oxygens (including phenoxy) is 2. The summed E-state index contributed by atoms with van der Waals surface area (Å²) in [5, 5.41) is 0. The van der Waals surface area contributed by atoms with Crippen molar-refractivity contribution >= 4 is 0 Å². The first-order chi connectivity index (χ1) is 12.8. The highest BCUT2D eigenvalue weighted by molar-refractivity contribution is 5.45. The van der Waals surface area contributed by atoms with Crippen molar-refractivity contribution in [2.75, 3.05) is 32.8 Å². The summed E-state index contributed by atoms with van der Waals surface area (Å²) in [6, 6.07) is 13.8. The third-order valence-electron chi connectivity index (χ3n) is 6.04. The normalized spacial score (nSPS) is 28.1. The van der Waals surface area contributed by atoms with Crippen molar-refractivity contribution in [3.05, 3.63) is 70.5 Å². The molecule has 2 heterocycles. The summed E-state index contributed by atoms with van der Waals surface area (Å²) in [5.41, 5.74) is 4.95. The molecule has 3 unspecified atom stereocenters. The zero-order chi connectivity index (χ0) is 17.5. The molecule has 0 N–H and O–H groups in total. The molecule has 0 aromatic heterocycles. The minimum absolute atomic E-state index is 0.0459. The Morgan fingerprint density at radius 3 is 2.69 bits per heavy atom. The number of hydrogen-bond donors (Lipinski definition) is 0. The topological polar surface area (TPSA) is 21.7 Å². The molecular weight excluding hydrogens is 329 g/mol. The molecule has 2 aromatic rings. The van der Waals surface area contributed by atoms with E-state index < -0.39 is 0 Å². The van der Waals surface area contributed by atoms with Crippen molar-refractivity contribution < 1.29 is 13.9 Å². The molecule has 0 amide bonds. The van der Waals surface area contributed by atoms with E-state index in [0.717, 1.165) is 51.3 Å². The average molecular weight is 353 g/mol. The number of nitrogens with zero attached hydrogens (tertiary/aromatic N) is 1. The highest BCUT2D eigenvalue weighted by atomic mass is 19.1. The van der Waals surface area contributed by atoms with Crippen LogP contribution in [0.4, 0.5) is 4.39 Å². The first-order valence-corrected chi connectivity index (χ1v) is 9.59. The first kappa shape index (κ1) is 16.4. The number of benzene rings is 2. The van der Waals surface area contributed by atoms with E-state index in [0.29, 0.717) is 5.92 Å². The van der Waals surface area contributed by atoms with E-state index in [2.05, 4.69) is 29.2 Å². The van der Waals surface area contributed by atoms with Crippen LogP contribution in [0.5, 0.6) is 0 Å². The lowest BCUT2D eigenvalue weighted by atomic mass is 9.87. The Morgan fingerprint density at radius 1 is 1.00 bits per heavy atom. The standard InChI is InChI=1S/C22H24FNO2/c23-17-6-5-16-11-15-3-1-2-4-19(15)21-13-18(26-22(21)20(16)12-17)14-24-7-9-25-10-8-24/h1-6,12,18,21-22H,7-11,13-14H2. The van der Waals surface area contributed by atoms with E-state index in [9.17, 15) is 4.39 Å². The Balaban J connectivity index is 1.48. The van der Waals surface area contributed by atoms with Crippen molar-refractivity contribution in [3.63, 3.8) is 0 Å². The lowest BCUT2D eigenvalue weighted by Crippen LogP contribution is -2.40. The maximum Gasteiger partial charge on any atom is 0.123 e. The van der Waals surface area contributed by atoms with Crippen LogP contribution in [0.15, 0.2) is 42.5 Å². The third-order valence-corrected chi connectivity index (χ3v) is 6.04. The minimum Gasteiger partial charge on any atom is -0.379 e. The molecule has 4 heteroatoms. The minimum atomic E-state index is -0.173. The highest BCUT2D eigenvalue weighted by Crippen LogP contribution is 2.49. The molecule has 2 fully saturated rings. The predicted molar refractivity (Wildman–Crippen MR) is 97.9 cm³/mol. The van der Waals surface area contributed by atoms with Crippen LogP contribution in [-0.4, -0.2) is 43.9 Å². The Morgan fingerprint density at radius 2 is 1.81 bits per heavy atom. The van der Waals surface area contributed by atoms with Gasteiger partial charge in [-0.25, -0.2) is 4.39 Å². The van der Waals surface area contributed by atoms with Crippen LogP contribution in [-0.2, 0) is 15.9 Å². The van der Waals surface area contributed by atoms with E-state index in [-0.39, 0.29) is 18.0 Å². The Bertz CT molecular complexity index is 802. The summed E-state index contributed by atoms with van der Waals surface area (Å²) in [6.07, 6.45) is 1.99. The first-order valence-electron chi connectivity index (χ1n) is 9.59. The Labute approximate surface area is 153 Å². The molecule has 0 saturated carbocycles. The van der Waals surface area contributed by atoms with Crippen LogP contribution < -0.4 is 0 Å². The molecule has 26 heavy (non-hydrogen) atoms. The van der Waals surface area contributed by atoms with Gasteiger partial charge < -0.3 is 9.47 Å². The third kappa shape index (κ3) is 2.96. The van der Waals surface area contributed by atoms with Gasteiger partial charge in [-0.3, -0.25) is 4.90 Å². The number of fused-ring (bicyclic) bond motifs is 5. The molecule has 0 radical (unpaired) electrons. The lowest BCUT2D eigenvalue weighted by molar-refractivity contribution is -0.0130. The average Bonchev–Trinajstić information content (AvgIpc) is 3.03. The highest BCUT2D eigenvalue weighted by Gasteiger charge is 2.41. The van der Waals surface area contributed by atoms with Crippen LogP contribution in [0, 0.1) is 5.82 Å². The lowest BCUT2D eigenvalue weighted by Gasteiger charge is -2.29. The van der Waals surface area contributed by atoms with Gasteiger partial charge in [0.1, 0.15) is 5.82 Å². The molecule has 0 bridgehead atoms. The second kappa shape index (κ2) is 6.76. The SMILES string of the molecule is Fc1ccc2c(c1)C1OC(CN3CCOCC3)CC1c1ccccc1C2. The van der Waals surface area contributed by atoms with Gasteiger partial charge in [-0.2, -0.15) is 0 Å². The zero-order valence-corrected chi connectivity index (χ0v) is 14.9. The molecule has 0 spiro atoms. The molecule has 5 rings (SSSR count). The molecule has 2 saturated heterocycles. The summed E-state index contributed by atoms with van der Waals surface area (Å²) in [5.74, 6) is 0.133. The Kier molecular flexibility index (Phi) is 4.27. The monoisotopic (exact) mass is 353 g/mol. The van der Waals surface area contributed by atoms with E-state index in [1.807, 2.05) is 6.07 Å². The maximum atomic E-state index is 14.0. The number of rotatable bonds is 2. The second-order valence-electron chi connectivity index (χ2n) is 7.65. The van der Waals surface area contributed by atoms with Crippen LogP contribution in [0.2, 0.25) is 0 Å². The van der Waals surface area contributed by atoms with Gasteiger partial charge in [0.05, 0.1) is 25.4 Å². The fraction of sp³-hybridized carbons (Fsp3) is 0.455. The van der Waals surface area contributed by atoms with E-state index in [1.54, 1.807) is 12.1 Å². The van der Waals surface area contributed by atoms with Crippen molar-refractivity contribution in [3.8, 4) is 0 Å². The van der Waals surface area contributed by atoms with E-state index in [4.69, 9.17) is 9.47 Å². The molecular formula is C22H24FNO2. The number of morpholine rings is 1. The fourth-order valence-corrected chi connectivity index (χ4v) is 4.79. The van der Waals surface area contributed by atoms with Gasteiger partial charge >= 0.3 is 0 Å². The summed E-state index contributed by atoms with van der Waals surface area (Å²) >= 11 is 0. The van der Waals surface area contributed by atoms with Gasteiger partial charge in [-0.05, 0) is 47.2 Å². The molecule has 2 aromatic carbocycles. The summed E-state index contributed by atoms with van der Waals surface area (Å²) < 4.78 is 26.0. The van der Waals surface area contributed by atoms with Crippen molar-refractivity contribution in [1.29, 1.82) is 0 Å². The van der Waals surface area contributed by atoms with Crippen LogP contribution in [0.25, 0.3) is 0 Å². The van der Waals surface area contributed by atoms with Crippen molar-refractivity contribution in [2.45, 2.75) is 31.0 Å². The fourth-order valence-electron chi connectivity index (χ4n) is 4.79. The van der Waals surface area contributed by atoms with Gasteiger partial charge in [-0.15, -0.1) is 0 Å². The van der Waals surface area contributed by atoms with Crippen LogP contribution >= 0.6 is 0 Å². The van der Waals surface area contributed by atoms with Gasteiger partial charge in [0.2, 0.25) is 0 Å². The molecule has 3 aliphatic rings. The molecule has 1 aliphatic carbocycles. The van der Waals surface area contributed by atoms with Crippen molar-refractivity contribution in [1.82, 2.24) is 4.90 Å². The second-order valence-corrected chi connectivity index (χ2v) is 7.65. The maximum absolute atomic E-state index is 14.0. The number of hydrogen-bond acceptors (Lipinski definition) is 3.